The van der Waals surface area contributed by atoms with Crippen molar-refractivity contribution in [1.82, 2.24) is 5.32 Å². The second-order valence-electron chi connectivity index (χ2n) is 8.09. The average Bonchev–Trinajstić information content (AvgIpc) is 2.81. The molecule has 1 aliphatic carbocycles. The number of carboxylic acids is 1. The van der Waals surface area contributed by atoms with Crippen molar-refractivity contribution in [1.29, 1.82) is 0 Å². The van der Waals surface area contributed by atoms with Gasteiger partial charge in [0.1, 0.15) is 11.3 Å². The Morgan fingerprint density at radius 1 is 1.15 bits per heavy atom. The number of fused-ring (bicyclic) bond motifs is 1. The predicted octanol–water partition coefficient (Wildman–Crippen LogP) is 5.32. The van der Waals surface area contributed by atoms with Gasteiger partial charge in [-0.25, -0.2) is 4.79 Å². The highest BCUT2D eigenvalue weighted by atomic mass is 35.5. The zero-order valence-electron chi connectivity index (χ0n) is 18.3. The molecule has 174 valence electrons. The average molecular weight is 488 g/mol. The summed E-state index contributed by atoms with van der Waals surface area (Å²) in [6.45, 7) is 0.468. The molecule has 0 spiro atoms. The van der Waals surface area contributed by atoms with E-state index in [0.717, 1.165) is 36.0 Å². The van der Waals surface area contributed by atoms with Crippen molar-refractivity contribution in [2.45, 2.75) is 31.4 Å². The first-order chi connectivity index (χ1) is 15.5. The maximum Gasteiger partial charge on any atom is 0.339 e. The van der Waals surface area contributed by atoms with Crippen LogP contribution in [0.2, 0.25) is 5.02 Å². The van der Waals surface area contributed by atoms with Crippen molar-refractivity contribution in [3.05, 3.63) is 87.9 Å². The van der Waals surface area contributed by atoms with E-state index in [4.69, 9.17) is 16.3 Å². The Labute approximate surface area is 204 Å². The van der Waals surface area contributed by atoms with Crippen molar-refractivity contribution >= 4 is 30.0 Å². The number of hydrogen-bond donors (Lipinski definition) is 3. The highest BCUT2D eigenvalue weighted by Crippen LogP contribution is 2.35. The van der Waals surface area contributed by atoms with Crippen LogP contribution in [0.3, 0.4) is 0 Å². The van der Waals surface area contributed by atoms with Crippen LogP contribution in [-0.4, -0.2) is 35.9 Å². The minimum atomic E-state index is -1.01. The zero-order chi connectivity index (χ0) is 22.7. The smallest absolute Gasteiger partial charge is 0.339 e. The number of aromatic carboxylic acids is 1. The van der Waals surface area contributed by atoms with Crippen molar-refractivity contribution in [2.24, 2.45) is 0 Å². The van der Waals surface area contributed by atoms with Crippen LogP contribution in [0.25, 0.3) is 11.1 Å². The normalized spacial score (nSPS) is 15.8. The standard InChI is InChI=1S/C26H26ClNO4.ClH/c1-32-25-22(3-2-4-23(25)26(30)31)18-6-5-16-9-12-21(14-19(16)13-18)28-15-24(29)17-7-10-20(27)11-8-17;/h2-8,10-11,13,21,24,28-29H,9,12,14-15H2,1H3,(H,30,31);1H/t21-,24-;/m0./s1. The molecule has 0 radical (unpaired) electrons. The molecule has 2 atom stereocenters. The second-order valence-corrected chi connectivity index (χ2v) is 8.53. The molecule has 1 aliphatic rings. The molecule has 0 bridgehead atoms. The van der Waals surface area contributed by atoms with Crippen LogP contribution in [0.4, 0.5) is 0 Å². The lowest BCUT2D eigenvalue weighted by atomic mass is 9.86. The lowest BCUT2D eigenvalue weighted by Gasteiger charge is -2.27. The van der Waals surface area contributed by atoms with Crippen LogP contribution in [0, 0.1) is 0 Å². The molecule has 3 aromatic rings. The Morgan fingerprint density at radius 2 is 1.91 bits per heavy atom. The minimum absolute atomic E-state index is 0. The molecule has 7 heteroatoms. The van der Waals surface area contributed by atoms with Gasteiger partial charge in [-0.05, 0) is 59.7 Å². The van der Waals surface area contributed by atoms with Crippen LogP contribution in [-0.2, 0) is 12.8 Å². The Bertz CT molecular complexity index is 1120. The number of hydrogen-bond acceptors (Lipinski definition) is 4. The fourth-order valence-corrected chi connectivity index (χ4v) is 4.46. The van der Waals surface area contributed by atoms with E-state index in [-0.39, 0.29) is 24.0 Å². The van der Waals surface area contributed by atoms with E-state index in [1.165, 1.54) is 18.2 Å². The van der Waals surface area contributed by atoms with Crippen LogP contribution in [0.15, 0.2) is 60.7 Å². The summed E-state index contributed by atoms with van der Waals surface area (Å²) in [5.74, 6) is -0.637. The van der Waals surface area contributed by atoms with Gasteiger partial charge in [0.05, 0.1) is 13.2 Å². The monoisotopic (exact) mass is 487 g/mol. The summed E-state index contributed by atoms with van der Waals surface area (Å²) in [5.41, 5.74) is 5.23. The van der Waals surface area contributed by atoms with E-state index in [0.29, 0.717) is 17.3 Å². The van der Waals surface area contributed by atoms with Crippen LogP contribution >= 0.6 is 24.0 Å². The number of nitrogens with one attached hydrogen (secondary N) is 1. The van der Waals surface area contributed by atoms with Gasteiger partial charge in [0.2, 0.25) is 0 Å². The summed E-state index contributed by atoms with van der Waals surface area (Å²) >= 11 is 5.93. The largest absolute Gasteiger partial charge is 0.495 e. The second kappa shape index (κ2) is 11.0. The number of ether oxygens (including phenoxy) is 1. The van der Waals surface area contributed by atoms with Gasteiger partial charge in [-0.3, -0.25) is 0 Å². The molecule has 0 saturated heterocycles. The number of methoxy groups -OCH3 is 1. The molecule has 0 unspecified atom stereocenters. The van der Waals surface area contributed by atoms with Crippen LogP contribution in [0.5, 0.6) is 5.75 Å². The summed E-state index contributed by atoms with van der Waals surface area (Å²) in [6.07, 6.45) is 2.20. The number of para-hydroxylation sites is 1. The van der Waals surface area contributed by atoms with Crippen LogP contribution < -0.4 is 10.1 Å². The zero-order valence-corrected chi connectivity index (χ0v) is 19.8. The first-order valence-electron chi connectivity index (χ1n) is 10.7. The highest BCUT2D eigenvalue weighted by Gasteiger charge is 2.22. The molecule has 0 aromatic heterocycles. The van der Waals surface area contributed by atoms with Gasteiger partial charge >= 0.3 is 5.97 Å². The van der Waals surface area contributed by atoms with Gasteiger partial charge < -0.3 is 20.3 Å². The topological polar surface area (TPSA) is 78.8 Å². The summed E-state index contributed by atoms with van der Waals surface area (Å²) in [7, 11) is 1.50. The molecular formula is C26H27Cl2NO4. The van der Waals surface area contributed by atoms with Crippen molar-refractivity contribution in [3.63, 3.8) is 0 Å². The van der Waals surface area contributed by atoms with E-state index >= 15 is 0 Å². The van der Waals surface area contributed by atoms with E-state index in [9.17, 15) is 15.0 Å². The number of rotatable bonds is 7. The third kappa shape index (κ3) is 5.68. The van der Waals surface area contributed by atoms with Crippen molar-refractivity contribution in [2.75, 3.05) is 13.7 Å². The fourth-order valence-electron chi connectivity index (χ4n) is 4.33. The van der Waals surface area contributed by atoms with Gasteiger partial charge in [0.25, 0.3) is 0 Å². The summed E-state index contributed by atoms with van der Waals surface area (Å²) < 4.78 is 5.44. The van der Waals surface area contributed by atoms with E-state index in [2.05, 4.69) is 17.4 Å². The molecular weight excluding hydrogens is 461 g/mol. The predicted molar refractivity (Wildman–Crippen MR) is 133 cm³/mol. The van der Waals surface area contributed by atoms with E-state index < -0.39 is 12.1 Å². The van der Waals surface area contributed by atoms with Gasteiger partial charge in [0.15, 0.2) is 0 Å². The number of halogens is 2. The molecule has 4 rings (SSSR count). The van der Waals surface area contributed by atoms with Gasteiger partial charge in [-0.2, -0.15) is 0 Å². The molecule has 3 aromatic carbocycles. The maximum absolute atomic E-state index is 11.6. The first-order valence-corrected chi connectivity index (χ1v) is 11.0. The van der Waals surface area contributed by atoms with Gasteiger partial charge in [0, 0.05) is 23.2 Å². The lowest BCUT2D eigenvalue weighted by Crippen LogP contribution is -2.37. The number of carbonyl (C=O) groups is 1. The Morgan fingerprint density at radius 3 is 2.61 bits per heavy atom. The molecule has 0 amide bonds. The molecule has 0 fully saturated rings. The molecule has 33 heavy (non-hydrogen) atoms. The number of aryl methyl sites for hydroxylation is 1. The molecule has 0 saturated carbocycles. The minimum Gasteiger partial charge on any atom is -0.495 e. The van der Waals surface area contributed by atoms with Crippen LogP contribution in [0.1, 0.15) is 39.6 Å². The SMILES string of the molecule is COc1c(C(=O)O)cccc1-c1ccc2c(c1)C[C@@H](NC[C@H](O)c1ccc(Cl)cc1)CC2.Cl. The van der Waals surface area contributed by atoms with Crippen molar-refractivity contribution < 1.29 is 19.7 Å². The molecule has 0 heterocycles. The molecule has 5 nitrogen and oxygen atoms in total. The number of carboxylic acid groups (broad SMARTS) is 1. The highest BCUT2D eigenvalue weighted by molar-refractivity contribution is 6.30. The Balaban J connectivity index is 0.00000306. The number of aliphatic hydroxyl groups is 1. The Kier molecular flexibility index (Phi) is 8.38. The summed E-state index contributed by atoms with van der Waals surface area (Å²) in [5, 5.41) is 24.1. The van der Waals surface area contributed by atoms with E-state index in [1.807, 2.05) is 24.3 Å². The maximum atomic E-state index is 11.6. The molecule has 0 aliphatic heterocycles. The first kappa shape index (κ1) is 25.1. The third-order valence-corrected chi connectivity index (χ3v) is 6.30. The van der Waals surface area contributed by atoms with Crippen molar-refractivity contribution in [3.8, 4) is 16.9 Å². The lowest BCUT2D eigenvalue weighted by molar-refractivity contribution is 0.0693. The quantitative estimate of drug-likeness (QED) is 0.420. The summed E-state index contributed by atoms with van der Waals surface area (Å²) in [6, 6.07) is 19.0. The number of benzene rings is 3. The van der Waals surface area contributed by atoms with Gasteiger partial charge in [-0.15, -0.1) is 12.4 Å². The number of aliphatic hydroxyl groups excluding tert-OH is 1. The summed E-state index contributed by atoms with van der Waals surface area (Å²) in [4.78, 5) is 11.6. The third-order valence-electron chi connectivity index (χ3n) is 6.05. The fraction of sp³-hybridized carbons (Fsp3) is 0.269. The molecule has 3 N–H and O–H groups in total. The van der Waals surface area contributed by atoms with Gasteiger partial charge in [-0.1, -0.05) is 54.1 Å². The van der Waals surface area contributed by atoms with E-state index in [1.54, 1.807) is 24.3 Å². The Hall–Kier alpha value is -2.57.